The molecular weight excluding hydrogens is 274 g/mol. The number of halogens is 1. The summed E-state index contributed by atoms with van der Waals surface area (Å²) in [5, 5.41) is 13.0. The molecule has 0 unspecified atom stereocenters. The molecule has 1 aliphatic rings. The normalized spacial score (nSPS) is 20.8. The second-order valence-electron chi connectivity index (χ2n) is 3.64. The van der Waals surface area contributed by atoms with Gasteiger partial charge in [0.15, 0.2) is 11.5 Å². The van der Waals surface area contributed by atoms with Crippen LogP contribution in [-0.2, 0) is 4.74 Å². The van der Waals surface area contributed by atoms with E-state index in [0.29, 0.717) is 16.8 Å². The average molecular weight is 288 g/mol. The number of nitrogens with one attached hydrogen (secondary N) is 1. The number of hydrogen-bond donors (Lipinski definition) is 2. The number of rotatable bonds is 2. The Morgan fingerprint density at radius 1 is 1.56 bits per heavy atom. The topological polar surface area (TPSA) is 50.7 Å². The second-order valence-corrected chi connectivity index (χ2v) is 4.49. The number of benzene rings is 1. The molecule has 1 aromatic rings. The van der Waals surface area contributed by atoms with Gasteiger partial charge in [-0.25, -0.2) is 0 Å². The van der Waals surface area contributed by atoms with Gasteiger partial charge in [-0.3, -0.25) is 0 Å². The lowest BCUT2D eigenvalue weighted by Crippen LogP contribution is -2.34. The van der Waals surface area contributed by atoms with E-state index in [9.17, 15) is 5.11 Å². The molecule has 0 aliphatic carbocycles. The fourth-order valence-corrected chi connectivity index (χ4v) is 2.19. The molecule has 16 heavy (non-hydrogen) atoms. The predicted octanol–water partition coefficient (Wildman–Crippen LogP) is 1.82. The number of hydrogen-bond acceptors (Lipinski definition) is 4. The molecule has 0 saturated carbocycles. The van der Waals surface area contributed by atoms with Gasteiger partial charge >= 0.3 is 0 Å². The van der Waals surface area contributed by atoms with Gasteiger partial charge < -0.3 is 19.9 Å². The summed E-state index contributed by atoms with van der Waals surface area (Å²) in [7, 11) is 1.54. The molecule has 0 aromatic heterocycles. The Morgan fingerprint density at radius 3 is 3.00 bits per heavy atom. The lowest BCUT2D eigenvalue weighted by Gasteiger charge is -2.24. The lowest BCUT2D eigenvalue weighted by atomic mass is 10.1. The minimum atomic E-state index is 0.128. The van der Waals surface area contributed by atoms with Crippen LogP contribution in [0.15, 0.2) is 16.6 Å². The highest BCUT2D eigenvalue weighted by Gasteiger charge is 2.18. The first kappa shape index (κ1) is 11.7. The van der Waals surface area contributed by atoms with Gasteiger partial charge in [0.1, 0.15) is 0 Å². The van der Waals surface area contributed by atoms with Crippen molar-refractivity contribution in [2.24, 2.45) is 0 Å². The first-order valence-corrected chi connectivity index (χ1v) is 5.89. The van der Waals surface area contributed by atoms with Gasteiger partial charge in [0.2, 0.25) is 0 Å². The quantitative estimate of drug-likeness (QED) is 0.871. The first-order chi connectivity index (χ1) is 7.72. The van der Waals surface area contributed by atoms with Crippen molar-refractivity contribution in [2.45, 2.75) is 6.04 Å². The molecule has 1 aliphatic heterocycles. The molecule has 88 valence electrons. The number of aromatic hydroxyl groups is 1. The number of ether oxygens (including phenoxy) is 2. The molecule has 2 N–H and O–H groups in total. The number of morpholine rings is 1. The summed E-state index contributed by atoms with van der Waals surface area (Å²) < 4.78 is 11.1. The molecule has 0 amide bonds. The number of methoxy groups -OCH3 is 1. The highest BCUT2D eigenvalue weighted by molar-refractivity contribution is 9.10. The van der Waals surface area contributed by atoms with Crippen LogP contribution < -0.4 is 10.1 Å². The Labute approximate surface area is 103 Å². The van der Waals surface area contributed by atoms with Gasteiger partial charge in [0.05, 0.1) is 30.8 Å². The molecule has 1 atom stereocenters. The SMILES string of the molecule is COc1cc([C@@H]2COCCN2)cc(Br)c1O. The van der Waals surface area contributed by atoms with E-state index in [0.717, 1.165) is 18.7 Å². The average Bonchev–Trinajstić information content (AvgIpc) is 2.33. The van der Waals surface area contributed by atoms with Gasteiger partial charge in [0.25, 0.3) is 0 Å². The first-order valence-electron chi connectivity index (χ1n) is 5.10. The summed E-state index contributed by atoms with van der Waals surface area (Å²) in [6, 6.07) is 3.86. The van der Waals surface area contributed by atoms with E-state index in [-0.39, 0.29) is 11.8 Å². The van der Waals surface area contributed by atoms with Crippen LogP contribution in [0, 0.1) is 0 Å². The van der Waals surface area contributed by atoms with Crippen molar-refractivity contribution in [1.29, 1.82) is 0 Å². The van der Waals surface area contributed by atoms with Crippen molar-refractivity contribution in [3.8, 4) is 11.5 Å². The Bertz CT molecular complexity index is 378. The van der Waals surface area contributed by atoms with E-state index >= 15 is 0 Å². The standard InChI is InChI=1S/C11H14BrNO3/c1-15-10-5-7(4-8(12)11(10)14)9-6-16-3-2-13-9/h4-5,9,13-14H,2-3,6H2,1H3/t9-/m0/s1. The molecule has 1 heterocycles. The summed E-state index contributed by atoms with van der Waals surface area (Å²) in [5.41, 5.74) is 1.04. The Kier molecular flexibility index (Phi) is 3.68. The highest BCUT2D eigenvalue weighted by Crippen LogP contribution is 2.37. The van der Waals surface area contributed by atoms with Crippen molar-refractivity contribution >= 4 is 15.9 Å². The van der Waals surface area contributed by atoms with Crippen LogP contribution in [0.3, 0.4) is 0 Å². The molecule has 1 fully saturated rings. The van der Waals surface area contributed by atoms with Crippen LogP contribution >= 0.6 is 15.9 Å². The summed E-state index contributed by atoms with van der Waals surface area (Å²) in [5.74, 6) is 0.597. The van der Waals surface area contributed by atoms with E-state index in [1.54, 1.807) is 0 Å². The monoisotopic (exact) mass is 287 g/mol. The third-order valence-electron chi connectivity index (χ3n) is 2.59. The van der Waals surface area contributed by atoms with Crippen LogP contribution in [0.4, 0.5) is 0 Å². The maximum absolute atomic E-state index is 9.70. The molecule has 2 rings (SSSR count). The fraction of sp³-hybridized carbons (Fsp3) is 0.455. The van der Waals surface area contributed by atoms with Gasteiger partial charge in [-0.15, -0.1) is 0 Å². The van der Waals surface area contributed by atoms with Crippen molar-refractivity contribution < 1.29 is 14.6 Å². The lowest BCUT2D eigenvalue weighted by molar-refractivity contribution is 0.0768. The minimum Gasteiger partial charge on any atom is -0.503 e. The van der Waals surface area contributed by atoms with E-state index in [1.165, 1.54) is 7.11 Å². The summed E-state index contributed by atoms with van der Waals surface area (Å²) in [4.78, 5) is 0. The van der Waals surface area contributed by atoms with Gasteiger partial charge in [-0.05, 0) is 33.6 Å². The van der Waals surface area contributed by atoms with Crippen LogP contribution in [-0.4, -0.2) is 32.0 Å². The van der Waals surface area contributed by atoms with Crippen LogP contribution in [0.25, 0.3) is 0 Å². The van der Waals surface area contributed by atoms with Crippen LogP contribution in [0.1, 0.15) is 11.6 Å². The zero-order valence-electron chi connectivity index (χ0n) is 9.00. The smallest absolute Gasteiger partial charge is 0.172 e. The zero-order chi connectivity index (χ0) is 11.5. The minimum absolute atomic E-state index is 0.128. The van der Waals surface area contributed by atoms with E-state index < -0.39 is 0 Å². The Hall–Kier alpha value is -0.780. The summed E-state index contributed by atoms with van der Waals surface area (Å²) >= 11 is 3.31. The molecule has 0 radical (unpaired) electrons. The van der Waals surface area contributed by atoms with Crippen molar-refractivity contribution in [2.75, 3.05) is 26.9 Å². The fourth-order valence-electron chi connectivity index (χ4n) is 1.73. The maximum Gasteiger partial charge on any atom is 0.172 e. The molecule has 0 bridgehead atoms. The van der Waals surface area contributed by atoms with E-state index in [2.05, 4.69) is 21.2 Å². The Balaban J connectivity index is 2.29. The number of phenolic OH excluding ortho intramolecular Hbond substituents is 1. The van der Waals surface area contributed by atoms with Crippen LogP contribution in [0.2, 0.25) is 0 Å². The van der Waals surface area contributed by atoms with Gasteiger partial charge in [-0.1, -0.05) is 0 Å². The predicted molar refractivity (Wildman–Crippen MR) is 63.9 cm³/mol. The zero-order valence-corrected chi connectivity index (χ0v) is 10.6. The van der Waals surface area contributed by atoms with Gasteiger partial charge in [0, 0.05) is 6.54 Å². The van der Waals surface area contributed by atoms with E-state index in [1.807, 2.05) is 12.1 Å². The van der Waals surface area contributed by atoms with Crippen LogP contribution in [0.5, 0.6) is 11.5 Å². The molecule has 5 heteroatoms. The van der Waals surface area contributed by atoms with Crippen molar-refractivity contribution in [3.63, 3.8) is 0 Å². The van der Waals surface area contributed by atoms with Crippen molar-refractivity contribution in [1.82, 2.24) is 5.32 Å². The highest BCUT2D eigenvalue weighted by atomic mass is 79.9. The molecule has 4 nitrogen and oxygen atoms in total. The third-order valence-corrected chi connectivity index (χ3v) is 3.20. The maximum atomic E-state index is 9.70. The Morgan fingerprint density at radius 2 is 2.38 bits per heavy atom. The van der Waals surface area contributed by atoms with Gasteiger partial charge in [-0.2, -0.15) is 0 Å². The largest absolute Gasteiger partial charge is 0.503 e. The van der Waals surface area contributed by atoms with Crippen molar-refractivity contribution in [3.05, 3.63) is 22.2 Å². The second kappa shape index (κ2) is 5.03. The molecule has 1 aromatic carbocycles. The molecule has 1 saturated heterocycles. The third kappa shape index (κ3) is 2.31. The summed E-state index contributed by atoms with van der Waals surface area (Å²) in [6.45, 7) is 2.22. The van der Waals surface area contributed by atoms with E-state index in [4.69, 9.17) is 9.47 Å². The molecular formula is C11H14BrNO3. The molecule has 0 spiro atoms. The summed E-state index contributed by atoms with van der Waals surface area (Å²) in [6.07, 6.45) is 0. The number of phenols is 1.